The van der Waals surface area contributed by atoms with Crippen LogP contribution in [0.15, 0.2) is 18.2 Å². The average Bonchev–Trinajstić information content (AvgIpc) is 2.72. The third-order valence-electron chi connectivity index (χ3n) is 3.10. The van der Waals surface area contributed by atoms with Crippen LogP contribution in [0.3, 0.4) is 0 Å². The molecule has 0 saturated carbocycles. The van der Waals surface area contributed by atoms with E-state index in [1.54, 1.807) is 18.2 Å². The molecule has 1 fully saturated rings. The smallest absolute Gasteiger partial charge is 0.265 e. The average molecular weight is 258 g/mol. The summed E-state index contributed by atoms with van der Waals surface area (Å²) >= 11 is 0. The zero-order valence-electron chi connectivity index (χ0n) is 9.88. The number of benzene rings is 1. The molecule has 1 atom stereocenters. The van der Waals surface area contributed by atoms with Crippen molar-refractivity contribution in [3.63, 3.8) is 0 Å². The molecule has 0 radical (unpaired) electrons. The maximum Gasteiger partial charge on any atom is 0.265 e. The maximum atomic E-state index is 12.3. The minimum absolute atomic E-state index is 0.269. The fourth-order valence-corrected chi connectivity index (χ4v) is 2.22. The predicted octanol–water partition coefficient (Wildman–Crippen LogP) is 0.447. The van der Waals surface area contributed by atoms with Gasteiger partial charge in [-0.25, -0.2) is 4.90 Å². The van der Waals surface area contributed by atoms with Crippen molar-refractivity contribution in [2.75, 3.05) is 6.61 Å². The van der Waals surface area contributed by atoms with E-state index >= 15 is 0 Å². The number of nitrogens with one attached hydrogen (secondary N) is 1. The molecule has 1 aromatic rings. The van der Waals surface area contributed by atoms with E-state index in [4.69, 9.17) is 16.1 Å². The van der Waals surface area contributed by atoms with E-state index in [2.05, 4.69) is 11.6 Å². The van der Waals surface area contributed by atoms with Gasteiger partial charge >= 0.3 is 0 Å². The zero-order valence-corrected chi connectivity index (χ0v) is 9.88. The molecule has 1 unspecified atom stereocenters. The Labute approximate surface area is 109 Å². The minimum Gasteiger partial charge on any atom is -0.276 e. The summed E-state index contributed by atoms with van der Waals surface area (Å²) in [5.41, 5.74) is 3.22. The Hall–Kier alpha value is -2.20. The summed E-state index contributed by atoms with van der Waals surface area (Å²) in [7, 11) is 0. The third kappa shape index (κ3) is 1.72. The number of hydrogen-bond acceptors (Lipinski definition) is 5. The largest absolute Gasteiger partial charge is 0.276 e. The maximum absolute atomic E-state index is 12.3. The minimum atomic E-state index is -0.688. The monoisotopic (exact) mass is 258 g/mol. The first-order valence-corrected chi connectivity index (χ1v) is 5.74. The molecule has 0 aromatic heterocycles. The van der Waals surface area contributed by atoms with Crippen molar-refractivity contribution in [3.05, 3.63) is 34.9 Å². The Kier molecular flexibility index (Phi) is 2.80. The number of imide groups is 1. The normalized spacial score (nSPS) is 22.3. The fourth-order valence-electron chi connectivity index (χ4n) is 2.22. The molecule has 1 N–H and O–H groups in total. The van der Waals surface area contributed by atoms with E-state index in [1.165, 1.54) is 0 Å². The number of carbonyl (C=O) groups excluding carboxylic acids is 2. The molecule has 2 heterocycles. The van der Waals surface area contributed by atoms with Gasteiger partial charge in [0.1, 0.15) is 0 Å². The van der Waals surface area contributed by atoms with Crippen molar-refractivity contribution in [2.24, 2.45) is 0 Å². The van der Waals surface area contributed by atoms with Gasteiger partial charge in [0.05, 0.1) is 17.7 Å². The van der Waals surface area contributed by atoms with Gasteiger partial charge in [0, 0.05) is 12.0 Å². The molecule has 19 heavy (non-hydrogen) atoms. The number of fused-ring (bicyclic) bond motifs is 1. The Morgan fingerprint density at radius 1 is 1.37 bits per heavy atom. The van der Waals surface area contributed by atoms with Gasteiger partial charge in [-0.05, 0) is 12.1 Å². The summed E-state index contributed by atoms with van der Waals surface area (Å²) in [6.07, 6.45) is 5.08. The number of amides is 2. The molecule has 0 spiro atoms. The van der Waals surface area contributed by atoms with E-state index in [0.717, 1.165) is 4.90 Å². The molecule has 6 heteroatoms. The Morgan fingerprint density at radius 2 is 2.21 bits per heavy atom. The van der Waals surface area contributed by atoms with Crippen LogP contribution >= 0.6 is 0 Å². The van der Waals surface area contributed by atoms with Crippen molar-refractivity contribution in [2.45, 2.75) is 12.6 Å². The molecule has 1 aromatic carbocycles. The molecule has 0 aliphatic carbocycles. The quantitative estimate of drug-likeness (QED) is 0.585. The first-order valence-electron chi connectivity index (χ1n) is 5.74. The lowest BCUT2D eigenvalue weighted by atomic mass is 10.0. The Balaban J connectivity index is 2.02. The second kappa shape index (κ2) is 4.48. The third-order valence-corrected chi connectivity index (χ3v) is 3.10. The van der Waals surface area contributed by atoms with E-state index in [9.17, 15) is 9.59 Å². The molecule has 2 aliphatic rings. The van der Waals surface area contributed by atoms with Crippen LogP contribution in [0.2, 0.25) is 0 Å². The van der Waals surface area contributed by atoms with Crippen LogP contribution in [0.1, 0.15) is 32.7 Å². The highest BCUT2D eigenvalue weighted by Crippen LogP contribution is 2.28. The number of hydrogen-bond donors (Lipinski definition) is 1. The highest BCUT2D eigenvalue weighted by atomic mass is 16.9. The van der Waals surface area contributed by atoms with Gasteiger partial charge in [-0.1, -0.05) is 17.6 Å². The van der Waals surface area contributed by atoms with Crippen molar-refractivity contribution in [1.82, 2.24) is 10.5 Å². The van der Waals surface area contributed by atoms with Gasteiger partial charge in [-0.2, -0.15) is 0 Å². The van der Waals surface area contributed by atoms with Crippen molar-refractivity contribution in [3.8, 4) is 12.3 Å². The lowest BCUT2D eigenvalue weighted by molar-refractivity contribution is -0.259. The standard InChI is InChI=1S/C13H10N2O4/c1-2-8-4-3-5-9-11(8)13(17)15(12(9)16)10-6-7-18-14-19-10/h1,3-5,10,14H,6-7H2. The summed E-state index contributed by atoms with van der Waals surface area (Å²) in [4.78, 5) is 35.5. The Bertz CT molecular complexity index is 599. The molecule has 2 amide bonds. The van der Waals surface area contributed by atoms with Gasteiger partial charge in [-0.15, -0.1) is 6.42 Å². The van der Waals surface area contributed by atoms with E-state index in [-0.39, 0.29) is 5.56 Å². The summed E-state index contributed by atoms with van der Waals surface area (Å²) in [6, 6.07) is 4.88. The van der Waals surface area contributed by atoms with Crippen LogP contribution in [-0.4, -0.2) is 29.5 Å². The van der Waals surface area contributed by atoms with Gasteiger partial charge in [0.25, 0.3) is 11.8 Å². The highest BCUT2D eigenvalue weighted by Gasteiger charge is 2.42. The van der Waals surface area contributed by atoms with Crippen molar-refractivity contribution < 1.29 is 19.3 Å². The highest BCUT2D eigenvalue weighted by molar-refractivity contribution is 6.22. The molecule has 2 aliphatic heterocycles. The van der Waals surface area contributed by atoms with Gasteiger partial charge in [-0.3, -0.25) is 19.3 Å². The van der Waals surface area contributed by atoms with E-state index in [0.29, 0.717) is 24.2 Å². The summed E-state index contributed by atoms with van der Waals surface area (Å²) in [5, 5.41) is 0. The van der Waals surface area contributed by atoms with Crippen LogP contribution in [0.4, 0.5) is 0 Å². The Morgan fingerprint density at radius 3 is 2.89 bits per heavy atom. The van der Waals surface area contributed by atoms with Crippen LogP contribution < -0.4 is 5.64 Å². The molecule has 1 saturated heterocycles. The number of terminal acetylenes is 1. The first-order chi connectivity index (χ1) is 9.24. The predicted molar refractivity (Wildman–Crippen MR) is 63.5 cm³/mol. The lowest BCUT2D eigenvalue weighted by Gasteiger charge is -2.28. The SMILES string of the molecule is C#Cc1cccc2c1C(=O)N(C1CCONO1)C2=O. The van der Waals surface area contributed by atoms with Gasteiger partial charge in [0.15, 0.2) is 6.23 Å². The van der Waals surface area contributed by atoms with Crippen LogP contribution in [0, 0.1) is 12.3 Å². The van der Waals surface area contributed by atoms with Crippen LogP contribution in [0.5, 0.6) is 0 Å². The molecular weight excluding hydrogens is 248 g/mol. The van der Waals surface area contributed by atoms with Crippen LogP contribution in [-0.2, 0) is 9.68 Å². The molecule has 96 valence electrons. The van der Waals surface area contributed by atoms with Gasteiger partial charge in [0.2, 0.25) is 0 Å². The molecule has 6 nitrogen and oxygen atoms in total. The van der Waals surface area contributed by atoms with Crippen LogP contribution in [0.25, 0.3) is 0 Å². The topological polar surface area (TPSA) is 67.9 Å². The second-order valence-electron chi connectivity index (χ2n) is 4.15. The first kappa shape index (κ1) is 11.9. The zero-order chi connectivity index (χ0) is 13.4. The summed E-state index contributed by atoms with van der Waals surface area (Å²) in [5.74, 6) is 1.60. The summed E-state index contributed by atoms with van der Waals surface area (Å²) < 4.78 is 0. The van der Waals surface area contributed by atoms with Gasteiger partial charge < -0.3 is 0 Å². The number of rotatable bonds is 1. The number of carbonyl (C=O) groups is 2. The number of nitrogens with zero attached hydrogens (tertiary/aromatic N) is 1. The van der Waals surface area contributed by atoms with E-state index < -0.39 is 18.0 Å². The van der Waals surface area contributed by atoms with Crippen molar-refractivity contribution in [1.29, 1.82) is 0 Å². The molecular formula is C13H10N2O4. The lowest BCUT2D eigenvalue weighted by Crippen LogP contribution is -2.47. The van der Waals surface area contributed by atoms with E-state index in [1.807, 2.05) is 0 Å². The molecule has 0 bridgehead atoms. The fraction of sp³-hybridized carbons (Fsp3) is 0.231. The summed E-state index contributed by atoms with van der Waals surface area (Å²) in [6.45, 7) is 0.347. The van der Waals surface area contributed by atoms with Crippen molar-refractivity contribution >= 4 is 11.8 Å². The second-order valence-corrected chi connectivity index (χ2v) is 4.15. The molecule has 3 rings (SSSR count).